The lowest BCUT2D eigenvalue weighted by molar-refractivity contribution is 0.549. The molecule has 0 spiro atoms. The number of hydrogen-bond donors (Lipinski definition) is 1. The Morgan fingerprint density at radius 1 is 1.22 bits per heavy atom. The molecule has 1 unspecified atom stereocenters. The van der Waals surface area contributed by atoms with Gasteiger partial charge in [0, 0.05) is 12.1 Å². The van der Waals surface area contributed by atoms with E-state index in [0.717, 1.165) is 18.9 Å². The number of hydrogen-bond acceptors (Lipinski definition) is 2. The zero-order valence-electron chi connectivity index (χ0n) is 9.90. The third kappa shape index (κ3) is 3.62. The first-order valence-corrected chi connectivity index (χ1v) is 6.80. The van der Waals surface area contributed by atoms with Crippen LogP contribution in [0.2, 0.25) is 0 Å². The third-order valence-electron chi connectivity index (χ3n) is 2.88. The van der Waals surface area contributed by atoms with Crippen molar-refractivity contribution in [2.75, 3.05) is 0 Å². The summed E-state index contributed by atoms with van der Waals surface area (Å²) in [5.41, 5.74) is 7.71. The highest BCUT2D eigenvalue weighted by Gasteiger charge is 2.09. The van der Waals surface area contributed by atoms with E-state index < -0.39 is 11.6 Å². The second-order valence-electron chi connectivity index (χ2n) is 4.37. The summed E-state index contributed by atoms with van der Waals surface area (Å²) in [6.07, 6.45) is 2.14. The fourth-order valence-electron chi connectivity index (χ4n) is 1.86. The second kappa shape index (κ2) is 6.07. The molecule has 1 aromatic heterocycles. The molecule has 1 atom stereocenters. The van der Waals surface area contributed by atoms with Crippen molar-refractivity contribution in [3.63, 3.8) is 0 Å². The predicted octanol–water partition coefficient (Wildman–Crippen LogP) is 3.53. The topological polar surface area (TPSA) is 26.0 Å². The minimum Gasteiger partial charge on any atom is -0.327 e. The molecule has 0 saturated heterocycles. The van der Waals surface area contributed by atoms with Gasteiger partial charge in [-0.1, -0.05) is 6.07 Å². The minimum atomic E-state index is -0.553. The molecule has 0 aliphatic carbocycles. The Balaban J connectivity index is 1.88. The van der Waals surface area contributed by atoms with Crippen LogP contribution in [0.25, 0.3) is 0 Å². The Bertz CT molecular complexity index is 497. The molecule has 1 aromatic carbocycles. The standard InChI is InChI=1S/C14H15F2NS/c15-12-3-2-11(14(16)8-12)7-13(17)4-1-10-5-6-18-9-10/h2-3,5-6,8-9,13H,1,4,7,17H2. The average Bonchev–Trinajstić information content (AvgIpc) is 2.83. The van der Waals surface area contributed by atoms with Gasteiger partial charge in [-0.2, -0.15) is 11.3 Å². The fourth-order valence-corrected chi connectivity index (χ4v) is 2.56. The van der Waals surface area contributed by atoms with Gasteiger partial charge in [0.1, 0.15) is 11.6 Å². The molecule has 0 aliphatic rings. The quantitative estimate of drug-likeness (QED) is 0.881. The minimum absolute atomic E-state index is 0.107. The van der Waals surface area contributed by atoms with Crippen LogP contribution in [-0.2, 0) is 12.8 Å². The van der Waals surface area contributed by atoms with Crippen molar-refractivity contribution in [3.05, 3.63) is 57.8 Å². The van der Waals surface area contributed by atoms with Crippen molar-refractivity contribution in [2.24, 2.45) is 5.73 Å². The molecule has 0 radical (unpaired) electrons. The van der Waals surface area contributed by atoms with Crippen LogP contribution in [0.3, 0.4) is 0 Å². The fraction of sp³-hybridized carbons (Fsp3) is 0.286. The van der Waals surface area contributed by atoms with E-state index >= 15 is 0 Å². The molecule has 1 nitrogen and oxygen atoms in total. The summed E-state index contributed by atoms with van der Waals surface area (Å²) in [5.74, 6) is -1.07. The summed E-state index contributed by atoms with van der Waals surface area (Å²) < 4.78 is 26.2. The summed E-state index contributed by atoms with van der Waals surface area (Å²) in [4.78, 5) is 0. The van der Waals surface area contributed by atoms with Crippen LogP contribution in [-0.4, -0.2) is 6.04 Å². The van der Waals surface area contributed by atoms with Gasteiger partial charge in [0.25, 0.3) is 0 Å². The number of halogens is 2. The lowest BCUT2D eigenvalue weighted by Crippen LogP contribution is -2.24. The molecular formula is C14H15F2NS. The normalized spacial score (nSPS) is 12.6. The van der Waals surface area contributed by atoms with E-state index in [0.29, 0.717) is 12.0 Å². The first kappa shape index (κ1) is 13.2. The van der Waals surface area contributed by atoms with Gasteiger partial charge in [0.05, 0.1) is 0 Å². The van der Waals surface area contributed by atoms with E-state index in [-0.39, 0.29) is 6.04 Å². The number of aryl methyl sites for hydroxylation is 1. The van der Waals surface area contributed by atoms with Gasteiger partial charge in [0.15, 0.2) is 0 Å². The lowest BCUT2D eigenvalue weighted by Gasteiger charge is -2.11. The lowest BCUT2D eigenvalue weighted by atomic mass is 10.0. The van der Waals surface area contributed by atoms with Crippen LogP contribution in [0.4, 0.5) is 8.78 Å². The first-order chi connectivity index (χ1) is 8.65. The van der Waals surface area contributed by atoms with E-state index in [1.54, 1.807) is 11.3 Å². The van der Waals surface area contributed by atoms with E-state index in [4.69, 9.17) is 5.73 Å². The van der Waals surface area contributed by atoms with Crippen molar-refractivity contribution in [1.82, 2.24) is 0 Å². The van der Waals surface area contributed by atoms with Crippen LogP contribution in [0, 0.1) is 11.6 Å². The molecule has 2 aromatic rings. The highest BCUT2D eigenvalue weighted by molar-refractivity contribution is 7.07. The smallest absolute Gasteiger partial charge is 0.129 e. The molecule has 0 fully saturated rings. The molecule has 0 aliphatic heterocycles. The summed E-state index contributed by atoms with van der Waals surface area (Å²) in [7, 11) is 0. The molecule has 1 heterocycles. The van der Waals surface area contributed by atoms with Crippen LogP contribution in [0.1, 0.15) is 17.5 Å². The van der Waals surface area contributed by atoms with Gasteiger partial charge >= 0.3 is 0 Å². The first-order valence-electron chi connectivity index (χ1n) is 5.86. The third-order valence-corrected chi connectivity index (χ3v) is 3.61. The second-order valence-corrected chi connectivity index (χ2v) is 5.15. The molecule has 2 N–H and O–H groups in total. The zero-order chi connectivity index (χ0) is 13.0. The number of nitrogens with two attached hydrogens (primary N) is 1. The summed E-state index contributed by atoms with van der Waals surface area (Å²) in [6.45, 7) is 0. The Hall–Kier alpha value is -1.26. The average molecular weight is 267 g/mol. The molecule has 18 heavy (non-hydrogen) atoms. The molecule has 2 rings (SSSR count). The highest BCUT2D eigenvalue weighted by atomic mass is 32.1. The van der Waals surface area contributed by atoms with E-state index in [1.807, 2.05) is 5.38 Å². The van der Waals surface area contributed by atoms with Crippen LogP contribution in [0.5, 0.6) is 0 Å². The summed E-state index contributed by atoms with van der Waals surface area (Å²) >= 11 is 1.66. The molecular weight excluding hydrogens is 252 g/mol. The van der Waals surface area contributed by atoms with Crippen molar-refractivity contribution in [2.45, 2.75) is 25.3 Å². The van der Waals surface area contributed by atoms with E-state index in [2.05, 4.69) is 11.4 Å². The monoisotopic (exact) mass is 267 g/mol. The van der Waals surface area contributed by atoms with Gasteiger partial charge in [-0.25, -0.2) is 8.78 Å². The van der Waals surface area contributed by atoms with Gasteiger partial charge in [-0.15, -0.1) is 0 Å². The Labute approximate surface area is 109 Å². The molecule has 0 bridgehead atoms. The van der Waals surface area contributed by atoms with Crippen molar-refractivity contribution >= 4 is 11.3 Å². The van der Waals surface area contributed by atoms with Gasteiger partial charge in [-0.05, 0) is 53.3 Å². The maximum Gasteiger partial charge on any atom is 0.129 e. The predicted molar refractivity (Wildman–Crippen MR) is 70.7 cm³/mol. The Kier molecular flexibility index (Phi) is 4.44. The van der Waals surface area contributed by atoms with Gasteiger partial charge < -0.3 is 5.73 Å². The maximum atomic E-state index is 13.4. The van der Waals surface area contributed by atoms with Crippen LogP contribution in [0.15, 0.2) is 35.0 Å². The number of thiophene rings is 1. The molecule has 0 saturated carbocycles. The number of rotatable bonds is 5. The molecule has 96 valence electrons. The van der Waals surface area contributed by atoms with Gasteiger partial charge in [0.2, 0.25) is 0 Å². The van der Waals surface area contributed by atoms with Crippen molar-refractivity contribution in [1.29, 1.82) is 0 Å². The van der Waals surface area contributed by atoms with Crippen molar-refractivity contribution < 1.29 is 8.78 Å². The van der Waals surface area contributed by atoms with Crippen LogP contribution >= 0.6 is 11.3 Å². The largest absolute Gasteiger partial charge is 0.327 e. The summed E-state index contributed by atoms with van der Waals surface area (Å²) in [5, 5.41) is 4.12. The van der Waals surface area contributed by atoms with Crippen molar-refractivity contribution in [3.8, 4) is 0 Å². The molecule has 0 amide bonds. The summed E-state index contributed by atoms with van der Waals surface area (Å²) in [6, 6.07) is 5.60. The van der Waals surface area contributed by atoms with E-state index in [9.17, 15) is 8.78 Å². The van der Waals surface area contributed by atoms with Crippen LogP contribution < -0.4 is 5.73 Å². The number of benzene rings is 1. The highest BCUT2D eigenvalue weighted by Crippen LogP contribution is 2.14. The molecule has 4 heteroatoms. The zero-order valence-corrected chi connectivity index (χ0v) is 10.7. The maximum absolute atomic E-state index is 13.4. The van der Waals surface area contributed by atoms with E-state index in [1.165, 1.54) is 17.7 Å². The van der Waals surface area contributed by atoms with Gasteiger partial charge in [-0.3, -0.25) is 0 Å². The Morgan fingerprint density at radius 3 is 2.72 bits per heavy atom. The SMILES string of the molecule is NC(CCc1ccsc1)Cc1ccc(F)cc1F. The Morgan fingerprint density at radius 2 is 2.06 bits per heavy atom.